The van der Waals surface area contributed by atoms with Gasteiger partial charge < -0.3 is 14.5 Å². The maximum Gasteiger partial charge on any atom is 0.227 e. The van der Waals surface area contributed by atoms with Crippen LogP contribution in [-0.2, 0) is 11.2 Å². The number of aryl methyl sites for hydroxylation is 1. The highest BCUT2D eigenvalue weighted by atomic mass is 16.5. The Hall–Kier alpha value is -1.36. The Morgan fingerprint density at radius 2 is 2.10 bits per heavy atom. The smallest absolute Gasteiger partial charge is 0.227 e. The zero-order valence-corrected chi connectivity index (χ0v) is 13.2. The Bertz CT molecular complexity index is 467. The normalized spacial score (nSPS) is 22.0. The molecule has 1 aromatic heterocycles. The molecule has 21 heavy (non-hydrogen) atoms. The minimum atomic E-state index is 0.352. The zero-order chi connectivity index (χ0) is 14.7. The summed E-state index contributed by atoms with van der Waals surface area (Å²) in [5.41, 5.74) is 1.13. The van der Waals surface area contributed by atoms with Crippen LogP contribution in [0.4, 0.5) is 11.8 Å². The standard InChI is InChI=1S/C16H26N4O/c1-3-13-11-15(19(2)12-14-7-6-10-21-14)18-16(17-13)20-8-4-5-9-20/h11,14H,3-10,12H2,1-2H3. The number of likely N-dealkylation sites (N-methyl/N-ethyl adjacent to an activating group) is 1. The van der Waals surface area contributed by atoms with E-state index in [0.717, 1.165) is 56.5 Å². The fourth-order valence-electron chi connectivity index (χ4n) is 3.09. The predicted molar refractivity (Wildman–Crippen MR) is 85.1 cm³/mol. The third-order valence-electron chi connectivity index (χ3n) is 4.40. The van der Waals surface area contributed by atoms with Crippen molar-refractivity contribution in [1.29, 1.82) is 0 Å². The summed E-state index contributed by atoms with van der Waals surface area (Å²) in [6, 6.07) is 2.12. The number of hydrogen-bond acceptors (Lipinski definition) is 5. The van der Waals surface area contributed by atoms with Crippen LogP contribution in [0.5, 0.6) is 0 Å². The average molecular weight is 290 g/mol. The Morgan fingerprint density at radius 3 is 2.76 bits per heavy atom. The first-order valence-corrected chi connectivity index (χ1v) is 8.22. The maximum atomic E-state index is 5.74. The lowest BCUT2D eigenvalue weighted by Crippen LogP contribution is -2.30. The number of rotatable bonds is 5. The summed E-state index contributed by atoms with van der Waals surface area (Å²) in [5.74, 6) is 1.93. The van der Waals surface area contributed by atoms with E-state index in [1.54, 1.807) is 0 Å². The summed E-state index contributed by atoms with van der Waals surface area (Å²) in [5, 5.41) is 0. The van der Waals surface area contributed by atoms with Gasteiger partial charge in [0.2, 0.25) is 5.95 Å². The molecule has 0 spiro atoms. The van der Waals surface area contributed by atoms with Gasteiger partial charge in [0.15, 0.2) is 0 Å². The molecule has 0 bridgehead atoms. The zero-order valence-electron chi connectivity index (χ0n) is 13.2. The highest BCUT2D eigenvalue weighted by molar-refractivity contribution is 5.46. The van der Waals surface area contributed by atoms with Crippen molar-refractivity contribution in [2.75, 3.05) is 43.1 Å². The first-order chi connectivity index (χ1) is 10.3. The largest absolute Gasteiger partial charge is 0.376 e. The number of nitrogens with zero attached hydrogens (tertiary/aromatic N) is 4. The lowest BCUT2D eigenvalue weighted by molar-refractivity contribution is 0.116. The van der Waals surface area contributed by atoms with Crippen molar-refractivity contribution in [2.24, 2.45) is 0 Å². The highest BCUT2D eigenvalue weighted by Gasteiger charge is 2.20. The molecule has 0 aromatic carbocycles. The Kier molecular flexibility index (Phi) is 4.58. The van der Waals surface area contributed by atoms with Gasteiger partial charge in [0, 0.05) is 45.0 Å². The summed E-state index contributed by atoms with van der Waals surface area (Å²) in [4.78, 5) is 14.0. The van der Waals surface area contributed by atoms with E-state index in [2.05, 4.69) is 29.8 Å². The van der Waals surface area contributed by atoms with Gasteiger partial charge in [-0.3, -0.25) is 0 Å². The first kappa shape index (κ1) is 14.6. The van der Waals surface area contributed by atoms with Crippen LogP contribution in [0.15, 0.2) is 6.07 Å². The van der Waals surface area contributed by atoms with Gasteiger partial charge in [-0.05, 0) is 32.1 Å². The van der Waals surface area contributed by atoms with E-state index in [1.807, 2.05) is 0 Å². The van der Waals surface area contributed by atoms with E-state index in [4.69, 9.17) is 14.7 Å². The predicted octanol–water partition coefficient (Wildman–Crippen LogP) is 2.25. The second kappa shape index (κ2) is 6.60. The van der Waals surface area contributed by atoms with Gasteiger partial charge >= 0.3 is 0 Å². The molecule has 1 aromatic rings. The number of hydrogen-bond donors (Lipinski definition) is 0. The van der Waals surface area contributed by atoms with Crippen LogP contribution in [0.25, 0.3) is 0 Å². The van der Waals surface area contributed by atoms with Gasteiger partial charge in [0.05, 0.1) is 6.10 Å². The van der Waals surface area contributed by atoms with Crippen LogP contribution in [0.2, 0.25) is 0 Å². The Balaban J connectivity index is 1.77. The van der Waals surface area contributed by atoms with Gasteiger partial charge in [-0.2, -0.15) is 4.98 Å². The summed E-state index contributed by atoms with van der Waals surface area (Å²) in [6.45, 7) is 6.14. The van der Waals surface area contributed by atoms with Gasteiger partial charge in [-0.15, -0.1) is 0 Å². The highest BCUT2D eigenvalue weighted by Crippen LogP contribution is 2.22. The second-order valence-corrected chi connectivity index (χ2v) is 6.08. The van der Waals surface area contributed by atoms with Crippen LogP contribution >= 0.6 is 0 Å². The quantitative estimate of drug-likeness (QED) is 0.832. The fraction of sp³-hybridized carbons (Fsp3) is 0.750. The Labute approximate surface area is 127 Å². The van der Waals surface area contributed by atoms with Crippen LogP contribution < -0.4 is 9.80 Å². The van der Waals surface area contributed by atoms with E-state index in [9.17, 15) is 0 Å². The molecule has 116 valence electrons. The lowest BCUT2D eigenvalue weighted by Gasteiger charge is -2.24. The van der Waals surface area contributed by atoms with E-state index in [-0.39, 0.29) is 0 Å². The fourth-order valence-corrected chi connectivity index (χ4v) is 3.09. The second-order valence-electron chi connectivity index (χ2n) is 6.08. The molecular formula is C16H26N4O. The van der Waals surface area contributed by atoms with Crippen LogP contribution in [0.3, 0.4) is 0 Å². The lowest BCUT2D eigenvalue weighted by atomic mass is 10.2. The summed E-state index contributed by atoms with van der Waals surface area (Å²) in [7, 11) is 2.11. The average Bonchev–Trinajstić information content (AvgIpc) is 3.20. The minimum Gasteiger partial charge on any atom is -0.376 e. The molecule has 0 amide bonds. The first-order valence-electron chi connectivity index (χ1n) is 8.22. The van der Waals surface area contributed by atoms with Crippen LogP contribution in [0.1, 0.15) is 38.3 Å². The molecule has 2 aliphatic rings. The molecular weight excluding hydrogens is 264 g/mol. The molecule has 3 heterocycles. The monoisotopic (exact) mass is 290 g/mol. The topological polar surface area (TPSA) is 41.5 Å². The molecule has 0 saturated carbocycles. The van der Waals surface area contributed by atoms with Gasteiger partial charge in [0.25, 0.3) is 0 Å². The third-order valence-corrected chi connectivity index (χ3v) is 4.40. The molecule has 0 radical (unpaired) electrons. The molecule has 3 rings (SSSR count). The molecule has 1 atom stereocenters. The van der Waals surface area contributed by atoms with E-state index >= 15 is 0 Å². The van der Waals surface area contributed by atoms with Crippen LogP contribution in [0, 0.1) is 0 Å². The third kappa shape index (κ3) is 3.46. The van der Waals surface area contributed by atoms with Crippen molar-refractivity contribution < 1.29 is 4.74 Å². The van der Waals surface area contributed by atoms with E-state index in [1.165, 1.54) is 19.3 Å². The van der Waals surface area contributed by atoms with Crippen molar-refractivity contribution in [3.63, 3.8) is 0 Å². The molecule has 2 aliphatic heterocycles. The van der Waals surface area contributed by atoms with Crippen molar-refractivity contribution in [3.8, 4) is 0 Å². The maximum absolute atomic E-state index is 5.74. The molecule has 0 aliphatic carbocycles. The number of anilines is 2. The molecule has 1 unspecified atom stereocenters. The van der Waals surface area contributed by atoms with Gasteiger partial charge in [-0.25, -0.2) is 4.98 Å². The molecule has 0 N–H and O–H groups in total. The summed E-state index contributed by atoms with van der Waals surface area (Å²) in [6.07, 6.45) is 6.15. The van der Waals surface area contributed by atoms with Crippen molar-refractivity contribution >= 4 is 11.8 Å². The number of aromatic nitrogens is 2. The summed E-state index contributed by atoms with van der Waals surface area (Å²) < 4.78 is 5.74. The molecule has 5 heteroatoms. The van der Waals surface area contributed by atoms with Crippen molar-refractivity contribution in [1.82, 2.24) is 9.97 Å². The van der Waals surface area contributed by atoms with Gasteiger partial charge in [-0.1, -0.05) is 6.92 Å². The molecule has 2 fully saturated rings. The van der Waals surface area contributed by atoms with Gasteiger partial charge in [0.1, 0.15) is 5.82 Å². The Morgan fingerprint density at radius 1 is 1.29 bits per heavy atom. The van der Waals surface area contributed by atoms with Crippen LogP contribution in [-0.4, -0.2) is 49.4 Å². The van der Waals surface area contributed by atoms with Crippen molar-refractivity contribution in [2.45, 2.75) is 45.1 Å². The SMILES string of the molecule is CCc1cc(N(C)CC2CCCO2)nc(N2CCCC2)n1. The summed E-state index contributed by atoms with van der Waals surface area (Å²) >= 11 is 0. The minimum absolute atomic E-state index is 0.352. The number of ether oxygens (including phenoxy) is 1. The molecule has 5 nitrogen and oxygen atoms in total. The van der Waals surface area contributed by atoms with E-state index < -0.39 is 0 Å². The van der Waals surface area contributed by atoms with E-state index in [0.29, 0.717) is 6.10 Å². The molecule has 2 saturated heterocycles. The van der Waals surface area contributed by atoms with Crippen molar-refractivity contribution in [3.05, 3.63) is 11.8 Å².